The summed E-state index contributed by atoms with van der Waals surface area (Å²) in [6.45, 7) is 13.6. The molecule has 0 fully saturated rings. The smallest absolute Gasteiger partial charge is 0.313 e. The molecule has 0 bridgehead atoms. The van der Waals surface area contributed by atoms with Gasteiger partial charge >= 0.3 is 7.60 Å². The van der Waals surface area contributed by atoms with E-state index in [0.29, 0.717) is 6.54 Å². The van der Waals surface area contributed by atoms with E-state index in [2.05, 4.69) is 5.32 Å². The molecule has 0 aromatic rings. The van der Waals surface area contributed by atoms with E-state index in [1.165, 1.54) is 6.92 Å². The van der Waals surface area contributed by atoms with Gasteiger partial charge in [0, 0.05) is 13.5 Å². The Hall–Kier alpha value is 0.0538. The average Bonchev–Trinajstić information content (AvgIpc) is 1.93. The number of hydrogen-bond acceptors (Lipinski definition) is 4. The van der Waals surface area contributed by atoms with E-state index in [-0.39, 0.29) is 12.1 Å². The van der Waals surface area contributed by atoms with Crippen LogP contribution in [0.2, 0.25) is 39.3 Å². The average molecular weight is 311 g/mol. The minimum Gasteiger partial charge on any atom is -0.356 e. The third kappa shape index (κ3) is 10.0. The molecule has 18 heavy (non-hydrogen) atoms. The highest BCUT2D eigenvalue weighted by molar-refractivity contribution is 7.57. The topological polar surface area (TPSA) is 64.6 Å². The largest absolute Gasteiger partial charge is 0.356 e. The third-order valence-electron chi connectivity index (χ3n) is 1.59. The van der Waals surface area contributed by atoms with Crippen LogP contribution in [-0.4, -0.2) is 35.2 Å². The van der Waals surface area contributed by atoms with Gasteiger partial charge < -0.3 is 13.7 Å². The lowest BCUT2D eigenvalue weighted by Gasteiger charge is -2.31. The lowest BCUT2D eigenvalue weighted by atomic mass is 10.6. The molecule has 0 radical (unpaired) electrons. The van der Waals surface area contributed by atoms with Crippen molar-refractivity contribution >= 4 is 30.1 Å². The van der Waals surface area contributed by atoms with Crippen molar-refractivity contribution in [3.63, 3.8) is 0 Å². The van der Waals surface area contributed by atoms with Crippen LogP contribution in [0.1, 0.15) is 6.92 Å². The summed E-state index contributed by atoms with van der Waals surface area (Å²) in [6, 6.07) is 0. The van der Waals surface area contributed by atoms with Crippen LogP contribution in [0.25, 0.3) is 0 Å². The monoisotopic (exact) mass is 311 g/mol. The van der Waals surface area contributed by atoms with E-state index in [1.54, 1.807) is 0 Å². The molecule has 0 aliphatic carbocycles. The highest BCUT2D eigenvalue weighted by Gasteiger charge is 2.36. The van der Waals surface area contributed by atoms with Gasteiger partial charge in [0.05, 0.1) is 6.16 Å². The maximum Gasteiger partial charge on any atom is 0.313 e. The fraction of sp³-hybridized carbons (Fsp3) is 0.900. The van der Waals surface area contributed by atoms with Crippen LogP contribution in [0.4, 0.5) is 0 Å². The van der Waals surface area contributed by atoms with Crippen molar-refractivity contribution < 1.29 is 17.8 Å². The zero-order valence-electron chi connectivity index (χ0n) is 12.5. The van der Waals surface area contributed by atoms with Crippen LogP contribution in [0, 0.1) is 0 Å². The summed E-state index contributed by atoms with van der Waals surface area (Å²) in [6.07, 6.45) is 0.237. The van der Waals surface area contributed by atoms with Gasteiger partial charge in [0.15, 0.2) is 16.6 Å². The Morgan fingerprint density at radius 3 is 1.72 bits per heavy atom. The molecule has 0 heterocycles. The molecular formula is C10H26NO4PSi2. The first-order chi connectivity index (χ1) is 7.83. The van der Waals surface area contributed by atoms with Crippen LogP contribution in [0.5, 0.6) is 0 Å². The first kappa shape index (κ1) is 18.1. The van der Waals surface area contributed by atoms with Crippen LogP contribution in [-0.2, 0) is 17.8 Å². The molecule has 108 valence electrons. The van der Waals surface area contributed by atoms with E-state index in [9.17, 15) is 9.36 Å². The molecule has 0 aliphatic heterocycles. The molecule has 1 N–H and O–H groups in total. The Balaban J connectivity index is 4.71. The van der Waals surface area contributed by atoms with Crippen molar-refractivity contribution in [1.82, 2.24) is 5.32 Å². The molecule has 5 nitrogen and oxygen atoms in total. The molecule has 8 heteroatoms. The maximum absolute atomic E-state index is 12.7. The van der Waals surface area contributed by atoms with Crippen LogP contribution in [0.15, 0.2) is 0 Å². The van der Waals surface area contributed by atoms with Gasteiger partial charge in [-0.15, -0.1) is 0 Å². The number of nitrogens with one attached hydrogen (secondary N) is 1. The molecular weight excluding hydrogens is 285 g/mol. The Morgan fingerprint density at radius 1 is 1.06 bits per heavy atom. The van der Waals surface area contributed by atoms with Gasteiger partial charge in [0.1, 0.15) is 0 Å². The summed E-state index contributed by atoms with van der Waals surface area (Å²) >= 11 is 0. The van der Waals surface area contributed by atoms with Gasteiger partial charge in [-0.05, 0) is 39.3 Å². The molecule has 1 amide bonds. The number of carbonyl (C=O) groups excluding carboxylic acids is 1. The van der Waals surface area contributed by atoms with E-state index in [4.69, 9.17) is 8.43 Å². The molecule has 0 rings (SSSR count). The highest BCUT2D eigenvalue weighted by Crippen LogP contribution is 2.52. The Labute approximate surface area is 112 Å². The first-order valence-electron chi connectivity index (χ1n) is 6.08. The highest BCUT2D eigenvalue weighted by atomic mass is 31.2. The Kier molecular flexibility index (Phi) is 6.49. The molecule has 0 unspecified atom stereocenters. The quantitative estimate of drug-likeness (QED) is 0.580. The van der Waals surface area contributed by atoms with Crippen LogP contribution < -0.4 is 5.32 Å². The zero-order chi connectivity index (χ0) is 14.6. The number of hydrogen-bond donors (Lipinski definition) is 1. The summed E-state index contributed by atoms with van der Waals surface area (Å²) < 4.78 is 24.2. The Morgan fingerprint density at radius 2 is 1.44 bits per heavy atom. The van der Waals surface area contributed by atoms with E-state index >= 15 is 0 Å². The fourth-order valence-electron chi connectivity index (χ4n) is 1.31. The molecule has 0 saturated carbocycles. The van der Waals surface area contributed by atoms with Crippen molar-refractivity contribution in [1.29, 1.82) is 0 Å². The van der Waals surface area contributed by atoms with Gasteiger partial charge in [-0.1, -0.05) is 0 Å². The summed E-state index contributed by atoms with van der Waals surface area (Å²) in [5.41, 5.74) is 0. The second-order valence-electron chi connectivity index (χ2n) is 6.22. The molecule has 0 spiro atoms. The maximum atomic E-state index is 12.7. The van der Waals surface area contributed by atoms with Crippen molar-refractivity contribution in [2.24, 2.45) is 0 Å². The first-order valence-corrected chi connectivity index (χ1v) is 14.6. The third-order valence-corrected chi connectivity index (χ3v) is 8.96. The predicted octanol–water partition coefficient (Wildman–Crippen LogP) is 3.02. The summed E-state index contributed by atoms with van der Waals surface area (Å²) in [5.74, 6) is -0.137. The van der Waals surface area contributed by atoms with Crippen molar-refractivity contribution in [3.05, 3.63) is 0 Å². The molecule has 0 aromatic heterocycles. The fourth-order valence-corrected chi connectivity index (χ4v) is 9.59. The standard InChI is InChI=1S/C10H26NO4PSi2/c1-10(12)11-8-9-16(13,14-17(2,3)4)15-18(5,6)7/h8-9H2,1-7H3,(H,11,12). The SMILES string of the molecule is CC(=O)NCCP(=O)(O[Si](C)(C)C)O[Si](C)(C)C. The molecule has 0 aromatic carbocycles. The predicted molar refractivity (Wildman–Crippen MR) is 80.0 cm³/mol. The lowest BCUT2D eigenvalue weighted by Crippen LogP contribution is -2.33. The molecule has 0 atom stereocenters. The summed E-state index contributed by atoms with van der Waals surface area (Å²) in [4.78, 5) is 10.8. The van der Waals surface area contributed by atoms with Crippen molar-refractivity contribution in [2.45, 2.75) is 46.2 Å². The van der Waals surface area contributed by atoms with Gasteiger partial charge in [0.25, 0.3) is 0 Å². The summed E-state index contributed by atoms with van der Waals surface area (Å²) in [7, 11) is -7.01. The molecule has 0 aliphatic rings. The van der Waals surface area contributed by atoms with Crippen LogP contribution >= 0.6 is 7.60 Å². The van der Waals surface area contributed by atoms with Gasteiger partial charge in [0.2, 0.25) is 5.91 Å². The normalized spacial score (nSPS) is 13.5. The summed E-state index contributed by atoms with van der Waals surface area (Å²) in [5, 5.41) is 2.63. The minimum atomic E-state index is -3.11. The second kappa shape index (κ2) is 6.47. The van der Waals surface area contributed by atoms with E-state index < -0.39 is 24.2 Å². The van der Waals surface area contributed by atoms with Crippen molar-refractivity contribution in [2.75, 3.05) is 12.7 Å². The van der Waals surface area contributed by atoms with Gasteiger partial charge in [-0.3, -0.25) is 9.36 Å². The number of amides is 1. The molecule has 0 saturated heterocycles. The Bertz CT molecular complexity index is 316. The number of carbonyl (C=O) groups is 1. The van der Waals surface area contributed by atoms with E-state index in [1.807, 2.05) is 39.3 Å². The lowest BCUT2D eigenvalue weighted by molar-refractivity contribution is -0.118. The second-order valence-corrected chi connectivity index (χ2v) is 17.8. The number of rotatable bonds is 7. The zero-order valence-corrected chi connectivity index (χ0v) is 15.4. The van der Waals surface area contributed by atoms with Crippen LogP contribution in [0.3, 0.4) is 0 Å². The minimum absolute atomic E-state index is 0.137. The van der Waals surface area contributed by atoms with Crippen molar-refractivity contribution in [3.8, 4) is 0 Å². The van der Waals surface area contributed by atoms with E-state index in [0.717, 1.165) is 0 Å². The van der Waals surface area contributed by atoms with Gasteiger partial charge in [-0.25, -0.2) is 0 Å². The van der Waals surface area contributed by atoms with Gasteiger partial charge in [-0.2, -0.15) is 0 Å².